The van der Waals surface area contributed by atoms with Crippen molar-refractivity contribution in [1.29, 1.82) is 0 Å². The lowest BCUT2D eigenvalue weighted by Gasteiger charge is -2.25. The Labute approximate surface area is 109 Å². The first-order valence-electron chi connectivity index (χ1n) is 4.54. The molecule has 0 aliphatic rings. The van der Waals surface area contributed by atoms with E-state index in [0.717, 1.165) is 12.2 Å². The highest BCUT2D eigenvalue weighted by Crippen LogP contribution is 2.31. The second-order valence-electron chi connectivity index (χ2n) is 3.15. The minimum Gasteiger partial charge on any atom is -0.283 e. The molecule has 0 aliphatic heterocycles. The molecule has 1 N–H and O–H groups in total. The molecule has 0 spiro atoms. The molecule has 0 amide bonds. The highest BCUT2D eigenvalue weighted by molar-refractivity contribution is 8.22. The van der Waals surface area contributed by atoms with Gasteiger partial charge in [-0.2, -0.15) is 8.42 Å². The summed E-state index contributed by atoms with van der Waals surface area (Å²) in [7, 11) is -12.1. The van der Waals surface area contributed by atoms with Crippen LogP contribution in [0, 0.1) is 0 Å². The Morgan fingerprint density at radius 2 is 1.61 bits per heavy atom. The molecule has 6 nitrogen and oxygen atoms in total. The zero-order valence-electron chi connectivity index (χ0n) is 9.48. The standard InChI is InChI=1S/C9H14O6S3/c1-4-7-16(10)9(6-3,18(13,14)15)17(11,12)8-5-2/h4-6H,1-3,7-8H2,(H,13,14,15). The zero-order valence-corrected chi connectivity index (χ0v) is 11.9. The SMILES string of the molecule is C=CCS(=O)C(C=C)(S(=O)(=O)O)S(=O)(=O)CC=C. The van der Waals surface area contributed by atoms with Crippen LogP contribution >= 0.6 is 0 Å². The molecule has 2 unspecified atom stereocenters. The third-order valence-electron chi connectivity index (χ3n) is 1.97. The van der Waals surface area contributed by atoms with Gasteiger partial charge in [0.25, 0.3) is 3.41 Å². The third-order valence-corrected chi connectivity index (χ3v) is 9.80. The maximum Gasteiger partial charge on any atom is 0.301 e. The van der Waals surface area contributed by atoms with Crippen molar-refractivity contribution in [2.75, 3.05) is 11.5 Å². The average molecular weight is 314 g/mol. The molecule has 0 aliphatic carbocycles. The molecule has 0 fully saturated rings. The molecule has 0 bridgehead atoms. The van der Waals surface area contributed by atoms with Crippen LogP contribution in [0.1, 0.15) is 0 Å². The highest BCUT2D eigenvalue weighted by Gasteiger charge is 2.56. The molecule has 0 aromatic rings. The van der Waals surface area contributed by atoms with E-state index in [9.17, 15) is 21.0 Å². The van der Waals surface area contributed by atoms with Crippen LogP contribution in [-0.2, 0) is 30.8 Å². The normalized spacial score (nSPS) is 17.4. The van der Waals surface area contributed by atoms with Crippen molar-refractivity contribution in [3.63, 3.8) is 0 Å². The summed E-state index contributed by atoms with van der Waals surface area (Å²) in [5.41, 5.74) is 0. The Morgan fingerprint density at radius 3 is 1.89 bits per heavy atom. The summed E-state index contributed by atoms with van der Waals surface area (Å²) in [4.78, 5) is 0. The van der Waals surface area contributed by atoms with E-state index in [4.69, 9.17) is 4.55 Å². The zero-order chi connectivity index (χ0) is 14.6. The highest BCUT2D eigenvalue weighted by atomic mass is 32.3. The van der Waals surface area contributed by atoms with E-state index in [-0.39, 0.29) is 0 Å². The summed E-state index contributed by atoms with van der Waals surface area (Å²) in [6, 6.07) is 0. The lowest BCUT2D eigenvalue weighted by Crippen LogP contribution is -2.49. The van der Waals surface area contributed by atoms with Crippen LogP contribution in [0.15, 0.2) is 38.0 Å². The number of hydrogen-bond donors (Lipinski definition) is 1. The van der Waals surface area contributed by atoms with Crippen LogP contribution in [0.3, 0.4) is 0 Å². The minimum absolute atomic E-state index is 0.428. The van der Waals surface area contributed by atoms with Gasteiger partial charge in [0.05, 0.1) is 16.6 Å². The van der Waals surface area contributed by atoms with Gasteiger partial charge < -0.3 is 0 Å². The fraction of sp³-hybridized carbons (Fsp3) is 0.333. The average Bonchev–Trinajstić information content (AvgIpc) is 2.16. The predicted molar refractivity (Wildman–Crippen MR) is 71.7 cm³/mol. The van der Waals surface area contributed by atoms with Gasteiger partial charge in [0.2, 0.25) is 0 Å². The number of hydrogen-bond acceptors (Lipinski definition) is 5. The van der Waals surface area contributed by atoms with Crippen LogP contribution in [-0.4, -0.2) is 40.5 Å². The summed E-state index contributed by atoms with van der Waals surface area (Å²) in [5.74, 6) is -1.19. The van der Waals surface area contributed by atoms with E-state index >= 15 is 0 Å². The van der Waals surface area contributed by atoms with Crippen molar-refractivity contribution >= 4 is 30.8 Å². The van der Waals surface area contributed by atoms with E-state index in [1.807, 2.05) is 0 Å². The van der Waals surface area contributed by atoms with Gasteiger partial charge in [-0.3, -0.25) is 8.76 Å². The van der Waals surface area contributed by atoms with E-state index in [1.54, 1.807) is 0 Å². The van der Waals surface area contributed by atoms with E-state index in [1.165, 1.54) is 0 Å². The quantitative estimate of drug-likeness (QED) is 0.508. The monoisotopic (exact) mass is 314 g/mol. The van der Waals surface area contributed by atoms with E-state index < -0.39 is 45.7 Å². The van der Waals surface area contributed by atoms with Crippen molar-refractivity contribution in [1.82, 2.24) is 0 Å². The van der Waals surface area contributed by atoms with Crippen LogP contribution < -0.4 is 0 Å². The molecule has 0 saturated carbocycles. The lowest BCUT2D eigenvalue weighted by molar-refractivity contribution is 0.477. The third kappa shape index (κ3) is 2.79. The van der Waals surface area contributed by atoms with Crippen LogP contribution in [0.5, 0.6) is 0 Å². The van der Waals surface area contributed by atoms with E-state index in [2.05, 4.69) is 19.7 Å². The molecule has 104 valence electrons. The minimum atomic E-state index is -5.18. The smallest absolute Gasteiger partial charge is 0.283 e. The first kappa shape index (κ1) is 17.2. The number of rotatable bonds is 8. The van der Waals surface area contributed by atoms with Gasteiger partial charge in [-0.15, -0.1) is 13.2 Å². The van der Waals surface area contributed by atoms with Gasteiger partial charge in [-0.1, -0.05) is 18.7 Å². The van der Waals surface area contributed by atoms with Crippen molar-refractivity contribution in [3.8, 4) is 0 Å². The van der Waals surface area contributed by atoms with Crippen molar-refractivity contribution in [3.05, 3.63) is 38.0 Å². The second-order valence-corrected chi connectivity index (χ2v) is 9.40. The Hall–Kier alpha value is -0.770. The molecule has 9 heteroatoms. The molecular formula is C9H14O6S3. The van der Waals surface area contributed by atoms with Gasteiger partial charge in [0, 0.05) is 5.75 Å². The Bertz CT molecular complexity index is 571. The summed E-state index contributed by atoms with van der Waals surface area (Å²) >= 11 is 0. The van der Waals surface area contributed by atoms with Crippen LogP contribution in [0.25, 0.3) is 0 Å². The maximum absolute atomic E-state index is 11.9. The lowest BCUT2D eigenvalue weighted by atomic mass is 10.7. The molecule has 0 rings (SSSR count). The predicted octanol–water partition coefficient (Wildman–Crippen LogP) is 0.249. The van der Waals surface area contributed by atoms with Gasteiger partial charge in [0.15, 0.2) is 9.84 Å². The molecular weight excluding hydrogens is 300 g/mol. The van der Waals surface area contributed by atoms with Crippen molar-refractivity contribution in [2.45, 2.75) is 3.41 Å². The summed E-state index contributed by atoms with van der Waals surface area (Å²) in [6.45, 7) is 9.48. The molecule has 0 saturated heterocycles. The molecule has 0 aromatic carbocycles. The van der Waals surface area contributed by atoms with Crippen LogP contribution in [0.2, 0.25) is 0 Å². The summed E-state index contributed by atoms with van der Waals surface area (Å²) in [5, 5.41) is 0. The first-order valence-corrected chi connectivity index (χ1v) is 8.95. The van der Waals surface area contributed by atoms with Gasteiger partial charge in [-0.25, -0.2) is 8.42 Å². The molecule has 0 radical (unpaired) electrons. The Morgan fingerprint density at radius 1 is 1.11 bits per heavy atom. The largest absolute Gasteiger partial charge is 0.301 e. The summed E-state index contributed by atoms with van der Waals surface area (Å²) < 4.78 is 64.7. The first-order chi connectivity index (χ1) is 8.10. The topological polar surface area (TPSA) is 106 Å². The number of sulfone groups is 1. The van der Waals surface area contributed by atoms with Crippen molar-refractivity contribution < 1.29 is 25.6 Å². The Balaban J connectivity index is 6.35. The van der Waals surface area contributed by atoms with Gasteiger partial charge in [0.1, 0.15) is 0 Å². The molecule has 18 heavy (non-hydrogen) atoms. The van der Waals surface area contributed by atoms with Crippen molar-refractivity contribution in [2.24, 2.45) is 0 Å². The molecule has 2 atom stereocenters. The molecule has 0 aromatic heterocycles. The van der Waals surface area contributed by atoms with Gasteiger partial charge >= 0.3 is 10.1 Å². The fourth-order valence-corrected chi connectivity index (χ4v) is 7.05. The maximum atomic E-state index is 11.9. The Kier molecular flexibility index (Phi) is 5.66. The van der Waals surface area contributed by atoms with Gasteiger partial charge in [-0.05, 0) is 6.08 Å². The second kappa shape index (κ2) is 5.91. The fourth-order valence-electron chi connectivity index (χ4n) is 1.24. The van der Waals surface area contributed by atoms with E-state index in [0.29, 0.717) is 6.08 Å². The summed E-state index contributed by atoms with van der Waals surface area (Å²) in [6.07, 6.45) is 2.48. The van der Waals surface area contributed by atoms with Crippen LogP contribution in [0.4, 0.5) is 0 Å². The molecule has 0 heterocycles.